The summed E-state index contributed by atoms with van der Waals surface area (Å²) in [5.74, 6) is -0.183. The number of halogens is 1. The van der Waals surface area contributed by atoms with E-state index in [1.54, 1.807) is 12.1 Å². The van der Waals surface area contributed by atoms with Crippen LogP contribution in [0.5, 0.6) is 0 Å². The van der Waals surface area contributed by atoms with E-state index >= 15 is 0 Å². The summed E-state index contributed by atoms with van der Waals surface area (Å²) in [6.07, 6.45) is 5.71. The largest absolute Gasteiger partial charge is 0.348 e. The second kappa shape index (κ2) is 8.13. The zero-order valence-electron chi connectivity index (χ0n) is 12.8. The molecule has 1 heterocycles. The molecule has 116 valence electrons. The highest BCUT2D eigenvalue weighted by Crippen LogP contribution is 2.17. The number of amides is 1. The van der Waals surface area contributed by atoms with Gasteiger partial charge in [-0.2, -0.15) is 0 Å². The molecule has 1 amide bonds. The first-order chi connectivity index (χ1) is 10.2. The predicted molar refractivity (Wildman–Crippen MR) is 82.5 cm³/mol. The zero-order chi connectivity index (χ0) is 15.1. The van der Waals surface area contributed by atoms with Crippen molar-refractivity contribution in [3.05, 3.63) is 35.6 Å². The Hall–Kier alpha value is -1.42. The number of benzene rings is 1. The summed E-state index contributed by atoms with van der Waals surface area (Å²) in [5, 5.41) is 3.07. The first-order valence-electron chi connectivity index (χ1n) is 7.96. The Balaban J connectivity index is 1.88. The molecule has 1 aliphatic heterocycles. The van der Waals surface area contributed by atoms with Crippen molar-refractivity contribution in [3.8, 4) is 0 Å². The Morgan fingerprint density at radius 2 is 1.81 bits per heavy atom. The summed E-state index contributed by atoms with van der Waals surface area (Å²) in [7, 11) is 0. The van der Waals surface area contributed by atoms with E-state index in [-0.39, 0.29) is 17.8 Å². The van der Waals surface area contributed by atoms with E-state index in [0.717, 1.165) is 25.1 Å². The lowest BCUT2D eigenvalue weighted by molar-refractivity contribution is -0.123. The first-order valence-corrected chi connectivity index (χ1v) is 7.96. The molecule has 1 atom stereocenters. The lowest BCUT2D eigenvalue weighted by atomic mass is 10.0. The lowest BCUT2D eigenvalue weighted by Crippen LogP contribution is -2.39. The third-order valence-corrected chi connectivity index (χ3v) is 4.08. The molecule has 1 N–H and O–H groups in total. The maximum absolute atomic E-state index is 13.0. The van der Waals surface area contributed by atoms with Crippen molar-refractivity contribution in [2.24, 2.45) is 0 Å². The van der Waals surface area contributed by atoms with Crippen LogP contribution in [0.1, 0.15) is 50.6 Å². The molecular formula is C17H25FN2O. The van der Waals surface area contributed by atoms with E-state index < -0.39 is 0 Å². The quantitative estimate of drug-likeness (QED) is 0.903. The third-order valence-electron chi connectivity index (χ3n) is 4.08. The molecule has 1 unspecified atom stereocenters. The summed E-state index contributed by atoms with van der Waals surface area (Å²) in [5.41, 5.74) is 0.961. The van der Waals surface area contributed by atoms with Crippen molar-refractivity contribution in [2.75, 3.05) is 19.6 Å². The molecule has 0 radical (unpaired) electrons. The van der Waals surface area contributed by atoms with Gasteiger partial charge in [0.1, 0.15) is 5.82 Å². The molecule has 3 nitrogen and oxygen atoms in total. The minimum atomic E-state index is -0.246. The summed E-state index contributed by atoms with van der Waals surface area (Å²) in [4.78, 5) is 14.4. The molecule has 1 aromatic carbocycles. The lowest BCUT2D eigenvalue weighted by Gasteiger charge is -2.22. The molecule has 2 rings (SSSR count). The van der Waals surface area contributed by atoms with Crippen LogP contribution in [0.3, 0.4) is 0 Å². The Morgan fingerprint density at radius 1 is 1.19 bits per heavy atom. The van der Waals surface area contributed by atoms with Gasteiger partial charge in [0.25, 0.3) is 0 Å². The van der Waals surface area contributed by atoms with Crippen LogP contribution >= 0.6 is 0 Å². The monoisotopic (exact) mass is 292 g/mol. The minimum Gasteiger partial charge on any atom is -0.348 e. The average molecular weight is 292 g/mol. The number of carbonyl (C=O) groups excluding carboxylic acids is 1. The summed E-state index contributed by atoms with van der Waals surface area (Å²) in [6.45, 7) is 4.53. The average Bonchev–Trinajstić information content (AvgIpc) is 2.74. The maximum Gasteiger partial charge on any atom is 0.234 e. The molecule has 4 heteroatoms. The van der Waals surface area contributed by atoms with Crippen LogP contribution in [0.15, 0.2) is 24.3 Å². The number of rotatable bonds is 5. The second-order valence-corrected chi connectivity index (χ2v) is 5.77. The highest BCUT2D eigenvalue weighted by Gasteiger charge is 2.16. The van der Waals surface area contributed by atoms with Gasteiger partial charge in [-0.1, -0.05) is 31.9 Å². The van der Waals surface area contributed by atoms with E-state index in [9.17, 15) is 9.18 Å². The van der Waals surface area contributed by atoms with Gasteiger partial charge < -0.3 is 5.32 Å². The van der Waals surface area contributed by atoms with E-state index in [1.165, 1.54) is 37.8 Å². The van der Waals surface area contributed by atoms with Crippen molar-refractivity contribution in [1.82, 2.24) is 10.2 Å². The predicted octanol–water partition coefficient (Wildman–Crippen LogP) is 3.27. The highest BCUT2D eigenvalue weighted by molar-refractivity contribution is 5.78. The van der Waals surface area contributed by atoms with Crippen molar-refractivity contribution >= 4 is 5.91 Å². The van der Waals surface area contributed by atoms with Crippen molar-refractivity contribution in [2.45, 2.75) is 45.1 Å². The molecule has 0 aliphatic carbocycles. The van der Waals surface area contributed by atoms with Gasteiger partial charge in [-0.3, -0.25) is 9.69 Å². The highest BCUT2D eigenvalue weighted by atomic mass is 19.1. The van der Waals surface area contributed by atoms with Gasteiger partial charge in [-0.15, -0.1) is 0 Å². The van der Waals surface area contributed by atoms with Crippen molar-refractivity contribution < 1.29 is 9.18 Å². The SMILES string of the molecule is CCC(NC(=O)CN1CCCCCC1)c1ccc(F)cc1. The van der Waals surface area contributed by atoms with Crippen LogP contribution in [0.2, 0.25) is 0 Å². The second-order valence-electron chi connectivity index (χ2n) is 5.77. The summed E-state index contributed by atoms with van der Waals surface area (Å²) < 4.78 is 13.0. The summed E-state index contributed by atoms with van der Waals surface area (Å²) >= 11 is 0. The van der Waals surface area contributed by atoms with Crippen molar-refractivity contribution in [3.63, 3.8) is 0 Å². The topological polar surface area (TPSA) is 32.3 Å². The van der Waals surface area contributed by atoms with Gasteiger partial charge >= 0.3 is 0 Å². The smallest absolute Gasteiger partial charge is 0.234 e. The van der Waals surface area contributed by atoms with E-state index in [0.29, 0.717) is 6.54 Å². The minimum absolute atomic E-state index is 0.0370. The van der Waals surface area contributed by atoms with Crippen LogP contribution in [0.4, 0.5) is 4.39 Å². The zero-order valence-corrected chi connectivity index (χ0v) is 12.8. The molecular weight excluding hydrogens is 267 g/mol. The van der Waals surface area contributed by atoms with Crippen LogP contribution in [-0.4, -0.2) is 30.4 Å². The molecule has 21 heavy (non-hydrogen) atoms. The van der Waals surface area contributed by atoms with Gasteiger partial charge in [0.2, 0.25) is 5.91 Å². The standard InChI is InChI=1S/C17H25FN2O/c1-2-16(14-7-9-15(18)10-8-14)19-17(21)13-20-11-5-3-4-6-12-20/h7-10,16H,2-6,11-13H2,1H3,(H,19,21). The Kier molecular flexibility index (Phi) is 6.18. The van der Waals surface area contributed by atoms with Crippen LogP contribution in [0.25, 0.3) is 0 Å². The fourth-order valence-corrected chi connectivity index (χ4v) is 2.85. The van der Waals surface area contributed by atoms with Crippen LogP contribution in [-0.2, 0) is 4.79 Å². The number of nitrogens with one attached hydrogen (secondary N) is 1. The molecule has 0 spiro atoms. The molecule has 0 bridgehead atoms. The van der Waals surface area contributed by atoms with Gasteiger partial charge in [-0.25, -0.2) is 4.39 Å². The molecule has 1 fully saturated rings. The molecule has 0 aromatic heterocycles. The van der Waals surface area contributed by atoms with Crippen molar-refractivity contribution in [1.29, 1.82) is 0 Å². The number of carbonyl (C=O) groups is 1. The fraction of sp³-hybridized carbons (Fsp3) is 0.588. The molecule has 1 aliphatic rings. The van der Waals surface area contributed by atoms with Gasteiger partial charge in [0, 0.05) is 0 Å². The van der Waals surface area contributed by atoms with Crippen LogP contribution < -0.4 is 5.32 Å². The molecule has 0 saturated carbocycles. The fourth-order valence-electron chi connectivity index (χ4n) is 2.85. The normalized spacial score (nSPS) is 18.0. The molecule has 1 aromatic rings. The molecule has 1 saturated heterocycles. The van der Waals surface area contributed by atoms with E-state index in [2.05, 4.69) is 10.2 Å². The van der Waals surface area contributed by atoms with E-state index in [1.807, 2.05) is 6.92 Å². The number of nitrogens with zero attached hydrogens (tertiary/aromatic N) is 1. The maximum atomic E-state index is 13.0. The van der Waals surface area contributed by atoms with Gasteiger partial charge in [-0.05, 0) is 50.0 Å². The Labute approximate surface area is 126 Å². The number of hydrogen-bond acceptors (Lipinski definition) is 2. The van der Waals surface area contributed by atoms with Crippen LogP contribution in [0, 0.1) is 5.82 Å². The Morgan fingerprint density at radius 3 is 2.38 bits per heavy atom. The van der Waals surface area contributed by atoms with Gasteiger partial charge in [0.15, 0.2) is 0 Å². The van der Waals surface area contributed by atoms with Gasteiger partial charge in [0.05, 0.1) is 12.6 Å². The number of likely N-dealkylation sites (tertiary alicyclic amines) is 1. The Bertz CT molecular complexity index is 439. The third kappa shape index (κ3) is 5.12. The summed E-state index contributed by atoms with van der Waals surface area (Å²) in [6, 6.07) is 6.34. The van der Waals surface area contributed by atoms with E-state index in [4.69, 9.17) is 0 Å². The number of hydrogen-bond donors (Lipinski definition) is 1. The first kappa shape index (κ1) is 16.0.